The van der Waals surface area contributed by atoms with E-state index in [4.69, 9.17) is 16.7 Å². The van der Waals surface area contributed by atoms with Crippen molar-refractivity contribution in [3.05, 3.63) is 0 Å². The van der Waals surface area contributed by atoms with E-state index in [9.17, 15) is 4.79 Å². The van der Waals surface area contributed by atoms with Gasteiger partial charge in [0, 0.05) is 11.8 Å². The Balaban J connectivity index is 4.01. The van der Waals surface area contributed by atoms with Crippen molar-refractivity contribution in [2.24, 2.45) is 11.8 Å². The molecule has 0 rings (SSSR count). The molecule has 4 heteroatoms. The van der Waals surface area contributed by atoms with Gasteiger partial charge in [-0.15, -0.1) is 11.6 Å². The van der Waals surface area contributed by atoms with Gasteiger partial charge in [0.15, 0.2) is 0 Å². The molecule has 0 bridgehead atoms. The van der Waals surface area contributed by atoms with E-state index in [1.54, 1.807) is 6.92 Å². The van der Waals surface area contributed by atoms with Crippen LogP contribution in [0.25, 0.3) is 0 Å². The van der Waals surface area contributed by atoms with Crippen LogP contribution in [-0.2, 0) is 4.79 Å². The van der Waals surface area contributed by atoms with E-state index in [0.29, 0.717) is 5.88 Å². The monoisotopic (exact) mass is 207 g/mol. The third-order valence-electron chi connectivity index (χ3n) is 2.01. The van der Waals surface area contributed by atoms with Crippen LogP contribution >= 0.6 is 11.6 Å². The van der Waals surface area contributed by atoms with E-state index in [0.717, 1.165) is 0 Å². The Kier molecular flexibility index (Phi) is 6.08. The Hall–Kier alpha value is -0.280. The molecule has 2 N–H and O–H groups in total. The van der Waals surface area contributed by atoms with Crippen molar-refractivity contribution in [3.8, 4) is 0 Å². The molecular formula is C9H18ClNO2. The van der Waals surface area contributed by atoms with E-state index in [2.05, 4.69) is 5.32 Å². The van der Waals surface area contributed by atoms with E-state index in [1.807, 2.05) is 13.8 Å². The topological polar surface area (TPSA) is 49.3 Å². The molecule has 0 heterocycles. The number of hydrogen-bond donors (Lipinski definition) is 2. The van der Waals surface area contributed by atoms with Gasteiger partial charge in [-0.2, -0.15) is 0 Å². The summed E-state index contributed by atoms with van der Waals surface area (Å²) < 4.78 is 0. The summed E-state index contributed by atoms with van der Waals surface area (Å²) in [5.41, 5.74) is 0. The minimum Gasteiger partial charge on any atom is -0.394 e. The molecule has 0 spiro atoms. The maximum absolute atomic E-state index is 11.3. The molecule has 1 amide bonds. The molecule has 13 heavy (non-hydrogen) atoms. The second kappa shape index (κ2) is 6.22. The molecule has 0 saturated heterocycles. The Morgan fingerprint density at radius 3 is 2.31 bits per heavy atom. The number of carbonyl (C=O) groups is 1. The molecule has 0 aromatic carbocycles. The van der Waals surface area contributed by atoms with Crippen LogP contribution in [0.15, 0.2) is 0 Å². The van der Waals surface area contributed by atoms with Gasteiger partial charge in [-0.1, -0.05) is 20.8 Å². The van der Waals surface area contributed by atoms with Gasteiger partial charge in [0.25, 0.3) is 0 Å². The predicted molar refractivity (Wildman–Crippen MR) is 53.7 cm³/mol. The number of nitrogens with one attached hydrogen (secondary N) is 1. The number of carbonyl (C=O) groups excluding carboxylic acids is 1. The third-order valence-corrected chi connectivity index (χ3v) is 2.47. The summed E-state index contributed by atoms with van der Waals surface area (Å²) in [6, 6.07) is -0.168. The van der Waals surface area contributed by atoms with Crippen molar-refractivity contribution in [2.45, 2.75) is 26.8 Å². The molecule has 78 valence electrons. The van der Waals surface area contributed by atoms with Crippen LogP contribution in [0.5, 0.6) is 0 Å². The minimum atomic E-state index is -0.200. The van der Waals surface area contributed by atoms with Crippen LogP contribution in [-0.4, -0.2) is 29.5 Å². The Morgan fingerprint density at radius 2 is 2.00 bits per heavy atom. The van der Waals surface area contributed by atoms with Gasteiger partial charge >= 0.3 is 0 Å². The Morgan fingerprint density at radius 1 is 1.46 bits per heavy atom. The van der Waals surface area contributed by atoms with E-state index >= 15 is 0 Å². The lowest BCUT2D eigenvalue weighted by atomic mass is 10.0. The zero-order valence-electron chi connectivity index (χ0n) is 8.38. The fraction of sp³-hybridized carbons (Fsp3) is 0.889. The molecule has 0 aliphatic carbocycles. The Bertz CT molecular complexity index is 162. The van der Waals surface area contributed by atoms with Crippen LogP contribution in [0.1, 0.15) is 20.8 Å². The van der Waals surface area contributed by atoms with Gasteiger partial charge in [-0.05, 0) is 5.92 Å². The van der Waals surface area contributed by atoms with Crippen molar-refractivity contribution in [1.29, 1.82) is 0 Å². The molecule has 0 saturated carbocycles. The molecule has 2 unspecified atom stereocenters. The first-order valence-electron chi connectivity index (χ1n) is 4.50. The van der Waals surface area contributed by atoms with Crippen molar-refractivity contribution >= 4 is 17.5 Å². The van der Waals surface area contributed by atoms with Crippen molar-refractivity contribution in [1.82, 2.24) is 5.32 Å². The normalized spacial score (nSPS) is 15.5. The largest absolute Gasteiger partial charge is 0.394 e. The summed E-state index contributed by atoms with van der Waals surface area (Å²) >= 11 is 5.53. The number of aliphatic hydroxyl groups excluding tert-OH is 1. The first-order valence-corrected chi connectivity index (χ1v) is 5.03. The number of alkyl halides is 1. The maximum atomic E-state index is 11.3. The minimum absolute atomic E-state index is 0.0294. The molecule has 0 radical (unpaired) electrons. The fourth-order valence-corrected chi connectivity index (χ4v) is 0.958. The summed E-state index contributed by atoms with van der Waals surface area (Å²) in [6.45, 7) is 5.63. The smallest absolute Gasteiger partial charge is 0.224 e. The first kappa shape index (κ1) is 12.7. The molecule has 0 fully saturated rings. The number of rotatable bonds is 5. The zero-order chi connectivity index (χ0) is 10.4. The summed E-state index contributed by atoms with van der Waals surface area (Å²) in [5, 5.41) is 11.7. The van der Waals surface area contributed by atoms with Crippen molar-refractivity contribution in [3.63, 3.8) is 0 Å². The first-order chi connectivity index (χ1) is 6.02. The average Bonchev–Trinajstić information content (AvgIpc) is 2.11. The summed E-state index contributed by atoms with van der Waals surface area (Å²) in [6.07, 6.45) is 0. The SMILES string of the molecule is CC(CCl)C(=O)NC(CO)C(C)C. The van der Waals surface area contributed by atoms with Gasteiger partial charge in [0.2, 0.25) is 5.91 Å². The predicted octanol–water partition coefficient (Wildman–Crippen LogP) is 0.994. The summed E-state index contributed by atoms with van der Waals surface area (Å²) in [5.74, 6) is 0.246. The lowest BCUT2D eigenvalue weighted by Gasteiger charge is -2.21. The lowest BCUT2D eigenvalue weighted by molar-refractivity contribution is -0.125. The molecular weight excluding hydrogens is 190 g/mol. The highest BCUT2D eigenvalue weighted by atomic mass is 35.5. The molecule has 3 nitrogen and oxygen atoms in total. The van der Waals surface area contributed by atoms with Crippen molar-refractivity contribution < 1.29 is 9.90 Å². The van der Waals surface area contributed by atoms with Crippen LogP contribution in [0.4, 0.5) is 0 Å². The van der Waals surface area contributed by atoms with E-state index < -0.39 is 0 Å². The molecule has 0 aromatic rings. The van der Waals surface area contributed by atoms with Gasteiger partial charge in [-0.3, -0.25) is 4.79 Å². The molecule has 0 aliphatic rings. The van der Waals surface area contributed by atoms with Crippen LogP contribution in [0, 0.1) is 11.8 Å². The van der Waals surface area contributed by atoms with Crippen LogP contribution in [0.2, 0.25) is 0 Å². The standard InChI is InChI=1S/C9H18ClNO2/c1-6(2)8(5-12)11-9(13)7(3)4-10/h6-8,12H,4-5H2,1-3H3,(H,11,13). The number of hydrogen-bond acceptors (Lipinski definition) is 2. The van der Waals surface area contributed by atoms with Crippen LogP contribution < -0.4 is 5.32 Å². The average molecular weight is 208 g/mol. The lowest BCUT2D eigenvalue weighted by Crippen LogP contribution is -2.43. The third kappa shape index (κ3) is 4.48. The highest BCUT2D eigenvalue weighted by Crippen LogP contribution is 2.03. The number of amides is 1. The molecule has 0 aliphatic heterocycles. The highest BCUT2D eigenvalue weighted by molar-refractivity contribution is 6.19. The molecule has 0 aromatic heterocycles. The zero-order valence-corrected chi connectivity index (χ0v) is 9.14. The van der Waals surface area contributed by atoms with Crippen molar-refractivity contribution in [2.75, 3.05) is 12.5 Å². The maximum Gasteiger partial charge on any atom is 0.224 e. The quantitative estimate of drug-likeness (QED) is 0.661. The van der Waals surface area contributed by atoms with E-state index in [-0.39, 0.29) is 30.4 Å². The fourth-order valence-electron chi connectivity index (χ4n) is 0.818. The second-order valence-electron chi connectivity index (χ2n) is 3.60. The molecule has 2 atom stereocenters. The second-order valence-corrected chi connectivity index (χ2v) is 3.91. The van der Waals surface area contributed by atoms with Gasteiger partial charge < -0.3 is 10.4 Å². The summed E-state index contributed by atoms with van der Waals surface area (Å²) in [4.78, 5) is 11.3. The van der Waals surface area contributed by atoms with Crippen LogP contribution in [0.3, 0.4) is 0 Å². The number of halogens is 1. The number of aliphatic hydroxyl groups is 1. The van der Waals surface area contributed by atoms with Gasteiger partial charge in [0.1, 0.15) is 0 Å². The van der Waals surface area contributed by atoms with E-state index in [1.165, 1.54) is 0 Å². The summed E-state index contributed by atoms with van der Waals surface area (Å²) in [7, 11) is 0. The van der Waals surface area contributed by atoms with Gasteiger partial charge in [0.05, 0.1) is 12.6 Å². The highest BCUT2D eigenvalue weighted by Gasteiger charge is 2.18. The van der Waals surface area contributed by atoms with Gasteiger partial charge in [-0.25, -0.2) is 0 Å². The Labute approximate surface area is 84.5 Å².